The van der Waals surface area contributed by atoms with Gasteiger partial charge < -0.3 is 19.5 Å². The van der Waals surface area contributed by atoms with E-state index in [0.717, 1.165) is 53.4 Å². The normalized spacial score (nSPS) is 17.6. The lowest BCUT2D eigenvalue weighted by atomic mass is 9.91. The maximum atomic E-state index is 11.1. The van der Waals surface area contributed by atoms with E-state index in [1.54, 1.807) is 0 Å². The standard InChI is InChI=1S/C29H28N2O4/c1-2-11-31(23-6-3-5-20(13-23)16-30)26-8-4-7-25-21(18-35-29(25)26)12-19-9-10-24-22(15-28(32)33)17-34-27(24)14-19/h3-10,13-14,21-22H,2,11-12,15,17-18H2,1H3,(H,32,33)/t21?,22-/m1/s1. The lowest BCUT2D eigenvalue weighted by molar-refractivity contribution is -0.137. The third kappa shape index (κ3) is 4.54. The quantitative estimate of drug-likeness (QED) is 0.452. The molecule has 2 aliphatic rings. The Morgan fingerprint density at radius 3 is 2.69 bits per heavy atom. The van der Waals surface area contributed by atoms with Crippen molar-refractivity contribution < 1.29 is 19.4 Å². The molecule has 0 spiro atoms. The molecule has 0 saturated heterocycles. The minimum atomic E-state index is -0.803. The molecule has 0 aromatic heterocycles. The van der Waals surface area contributed by atoms with Crippen molar-refractivity contribution in [3.8, 4) is 17.6 Å². The van der Waals surface area contributed by atoms with Crippen LogP contribution >= 0.6 is 0 Å². The number of nitriles is 1. The number of ether oxygens (including phenoxy) is 2. The van der Waals surface area contributed by atoms with E-state index in [1.807, 2.05) is 30.3 Å². The third-order valence-electron chi connectivity index (χ3n) is 6.78. The third-order valence-corrected chi connectivity index (χ3v) is 6.78. The predicted octanol–water partition coefficient (Wildman–Crippen LogP) is 5.78. The van der Waals surface area contributed by atoms with E-state index in [1.165, 1.54) is 5.56 Å². The molecule has 0 amide bonds. The Bertz CT molecular complexity index is 1300. The molecule has 3 aromatic rings. The van der Waals surface area contributed by atoms with Crippen molar-refractivity contribution >= 4 is 17.3 Å². The van der Waals surface area contributed by atoms with Crippen molar-refractivity contribution in [2.24, 2.45) is 0 Å². The first kappa shape index (κ1) is 22.8. The second-order valence-electron chi connectivity index (χ2n) is 9.20. The number of anilines is 2. The topological polar surface area (TPSA) is 82.8 Å². The van der Waals surface area contributed by atoms with Gasteiger partial charge in [-0.1, -0.05) is 37.3 Å². The Labute approximate surface area is 205 Å². The van der Waals surface area contributed by atoms with Crippen LogP contribution in [0, 0.1) is 11.3 Å². The first-order chi connectivity index (χ1) is 17.1. The molecule has 3 aromatic carbocycles. The second kappa shape index (κ2) is 9.71. The van der Waals surface area contributed by atoms with Gasteiger partial charge in [-0.3, -0.25) is 4.79 Å². The molecule has 178 valence electrons. The molecule has 0 fully saturated rings. The average molecular weight is 469 g/mol. The molecule has 35 heavy (non-hydrogen) atoms. The summed E-state index contributed by atoms with van der Waals surface area (Å²) in [6.07, 6.45) is 1.86. The number of carboxylic acid groups (broad SMARTS) is 1. The van der Waals surface area contributed by atoms with Crippen LogP contribution in [-0.2, 0) is 11.2 Å². The SMILES string of the molecule is CCCN(c1cccc(C#N)c1)c1cccc2c1OCC2Cc1ccc2c(c1)OC[C@H]2CC(=O)O. The smallest absolute Gasteiger partial charge is 0.304 e. The Balaban J connectivity index is 1.40. The molecule has 0 radical (unpaired) electrons. The molecule has 1 N–H and O–H groups in total. The molecule has 6 heteroatoms. The maximum absolute atomic E-state index is 11.1. The zero-order chi connectivity index (χ0) is 24.4. The second-order valence-corrected chi connectivity index (χ2v) is 9.20. The van der Waals surface area contributed by atoms with E-state index >= 15 is 0 Å². The molecule has 5 rings (SSSR count). The number of benzene rings is 3. The van der Waals surface area contributed by atoms with Crippen molar-refractivity contribution in [3.05, 3.63) is 82.9 Å². The Kier molecular flexibility index (Phi) is 6.33. The minimum Gasteiger partial charge on any atom is -0.493 e. The Morgan fingerprint density at radius 2 is 1.89 bits per heavy atom. The van der Waals surface area contributed by atoms with Gasteiger partial charge in [-0.2, -0.15) is 5.26 Å². The van der Waals surface area contributed by atoms with Crippen molar-refractivity contribution in [2.45, 2.75) is 38.0 Å². The number of hydrogen-bond acceptors (Lipinski definition) is 5. The van der Waals surface area contributed by atoms with Gasteiger partial charge in [-0.15, -0.1) is 0 Å². The number of aliphatic carboxylic acids is 1. The summed E-state index contributed by atoms with van der Waals surface area (Å²) in [5.74, 6) is 1.04. The fraction of sp³-hybridized carbons (Fsp3) is 0.310. The van der Waals surface area contributed by atoms with Gasteiger partial charge in [0.1, 0.15) is 11.5 Å². The van der Waals surface area contributed by atoms with E-state index in [-0.39, 0.29) is 18.3 Å². The largest absolute Gasteiger partial charge is 0.493 e. The minimum absolute atomic E-state index is 0.0845. The van der Waals surface area contributed by atoms with Crippen LogP contribution in [0.1, 0.15) is 53.9 Å². The molecule has 2 heterocycles. The Morgan fingerprint density at radius 1 is 1.06 bits per heavy atom. The van der Waals surface area contributed by atoms with Gasteiger partial charge in [0, 0.05) is 35.2 Å². The highest BCUT2D eigenvalue weighted by Gasteiger charge is 2.30. The highest BCUT2D eigenvalue weighted by Crippen LogP contribution is 2.45. The number of nitrogens with zero attached hydrogens (tertiary/aromatic N) is 2. The summed E-state index contributed by atoms with van der Waals surface area (Å²) in [6, 6.07) is 22.4. The molecule has 2 atom stereocenters. The molecule has 2 aliphatic heterocycles. The van der Waals surface area contributed by atoms with Crippen LogP contribution in [0.3, 0.4) is 0 Å². The van der Waals surface area contributed by atoms with Crippen LogP contribution in [-0.4, -0.2) is 30.8 Å². The molecule has 6 nitrogen and oxygen atoms in total. The molecular formula is C29H28N2O4. The zero-order valence-electron chi connectivity index (χ0n) is 19.7. The van der Waals surface area contributed by atoms with E-state index in [4.69, 9.17) is 14.6 Å². The summed E-state index contributed by atoms with van der Waals surface area (Å²) in [4.78, 5) is 13.4. The van der Waals surface area contributed by atoms with E-state index in [9.17, 15) is 10.1 Å². The maximum Gasteiger partial charge on any atom is 0.304 e. The summed E-state index contributed by atoms with van der Waals surface area (Å²) in [6.45, 7) is 3.98. The first-order valence-corrected chi connectivity index (χ1v) is 12.1. The molecular weight excluding hydrogens is 440 g/mol. The monoisotopic (exact) mass is 468 g/mol. The first-order valence-electron chi connectivity index (χ1n) is 12.1. The van der Waals surface area contributed by atoms with Crippen LogP contribution < -0.4 is 14.4 Å². The number of carbonyl (C=O) groups is 1. The van der Waals surface area contributed by atoms with Gasteiger partial charge in [0.15, 0.2) is 0 Å². The Hall–Kier alpha value is -3.98. The fourth-order valence-corrected chi connectivity index (χ4v) is 5.14. The average Bonchev–Trinajstić information content (AvgIpc) is 3.46. The van der Waals surface area contributed by atoms with Crippen LogP contribution in [0.25, 0.3) is 0 Å². The van der Waals surface area contributed by atoms with E-state index in [0.29, 0.717) is 18.8 Å². The number of carboxylic acids is 1. The zero-order valence-corrected chi connectivity index (χ0v) is 19.7. The van der Waals surface area contributed by atoms with Crippen molar-refractivity contribution in [3.63, 3.8) is 0 Å². The molecule has 0 saturated carbocycles. The van der Waals surface area contributed by atoms with Gasteiger partial charge in [0.25, 0.3) is 0 Å². The highest BCUT2D eigenvalue weighted by atomic mass is 16.5. The van der Waals surface area contributed by atoms with E-state index in [2.05, 4.69) is 48.2 Å². The predicted molar refractivity (Wildman–Crippen MR) is 134 cm³/mol. The number of para-hydroxylation sites is 1. The summed E-state index contributed by atoms with van der Waals surface area (Å²) < 4.78 is 12.1. The lowest BCUT2D eigenvalue weighted by Gasteiger charge is -2.26. The summed E-state index contributed by atoms with van der Waals surface area (Å²) in [5, 5.41) is 18.5. The number of fused-ring (bicyclic) bond motifs is 2. The van der Waals surface area contributed by atoms with Crippen molar-refractivity contribution in [1.29, 1.82) is 5.26 Å². The van der Waals surface area contributed by atoms with Crippen LogP contribution in [0.4, 0.5) is 11.4 Å². The highest BCUT2D eigenvalue weighted by molar-refractivity contribution is 5.73. The van der Waals surface area contributed by atoms with Crippen molar-refractivity contribution in [2.75, 3.05) is 24.7 Å². The van der Waals surface area contributed by atoms with Crippen molar-refractivity contribution in [1.82, 2.24) is 0 Å². The van der Waals surface area contributed by atoms with Gasteiger partial charge in [-0.05, 0) is 48.7 Å². The lowest BCUT2D eigenvalue weighted by Crippen LogP contribution is -2.18. The summed E-state index contributed by atoms with van der Waals surface area (Å²) in [7, 11) is 0. The van der Waals surface area contributed by atoms with Gasteiger partial charge >= 0.3 is 5.97 Å². The van der Waals surface area contributed by atoms with Gasteiger partial charge in [0.05, 0.1) is 37.0 Å². The summed E-state index contributed by atoms with van der Waals surface area (Å²) >= 11 is 0. The van der Waals surface area contributed by atoms with Gasteiger partial charge in [-0.25, -0.2) is 0 Å². The van der Waals surface area contributed by atoms with Crippen LogP contribution in [0.5, 0.6) is 11.5 Å². The molecule has 0 aliphatic carbocycles. The molecule has 1 unspecified atom stereocenters. The van der Waals surface area contributed by atoms with E-state index < -0.39 is 5.97 Å². The fourth-order valence-electron chi connectivity index (χ4n) is 5.14. The van der Waals surface area contributed by atoms with Crippen LogP contribution in [0.2, 0.25) is 0 Å². The summed E-state index contributed by atoms with van der Waals surface area (Å²) in [5.41, 5.74) is 5.97. The molecule has 0 bridgehead atoms. The number of rotatable bonds is 8. The van der Waals surface area contributed by atoms with Gasteiger partial charge in [0.2, 0.25) is 0 Å². The number of hydrogen-bond donors (Lipinski definition) is 1. The van der Waals surface area contributed by atoms with Crippen LogP contribution in [0.15, 0.2) is 60.7 Å².